The summed E-state index contributed by atoms with van der Waals surface area (Å²) < 4.78 is 0.934. The lowest BCUT2D eigenvalue weighted by Crippen LogP contribution is -2.36. The summed E-state index contributed by atoms with van der Waals surface area (Å²) in [6.45, 7) is 3.58. The van der Waals surface area contributed by atoms with E-state index in [-0.39, 0.29) is 18.0 Å². The number of H-pyrrole nitrogens is 1. The van der Waals surface area contributed by atoms with Gasteiger partial charge in [0.25, 0.3) is 5.56 Å². The first-order valence-corrected chi connectivity index (χ1v) is 7.04. The fourth-order valence-electron chi connectivity index (χ4n) is 2.22. The van der Waals surface area contributed by atoms with Crippen LogP contribution in [0.2, 0.25) is 0 Å². The third kappa shape index (κ3) is 3.33. The highest BCUT2D eigenvalue weighted by Crippen LogP contribution is 2.10. The van der Waals surface area contributed by atoms with Crippen LogP contribution in [-0.2, 0) is 18.3 Å². The Kier molecular flexibility index (Phi) is 4.60. The second-order valence-corrected chi connectivity index (χ2v) is 5.27. The minimum Gasteiger partial charge on any atom is -0.320 e. The minimum atomic E-state index is -0.509. The van der Waals surface area contributed by atoms with Gasteiger partial charge in [-0.2, -0.15) is 0 Å². The zero-order valence-electron chi connectivity index (χ0n) is 12.9. The first-order valence-electron chi connectivity index (χ1n) is 7.04. The molecule has 0 aliphatic rings. The van der Waals surface area contributed by atoms with Gasteiger partial charge in [0.05, 0.1) is 0 Å². The summed E-state index contributed by atoms with van der Waals surface area (Å²) in [4.78, 5) is 38.0. The fraction of sp³-hybridized carbons (Fsp3) is 0.312. The van der Waals surface area contributed by atoms with Gasteiger partial charge < -0.3 is 10.3 Å². The van der Waals surface area contributed by atoms with Gasteiger partial charge in [0.15, 0.2) is 0 Å². The lowest BCUT2D eigenvalue weighted by atomic mass is 10.0. The number of hydrogen-bond acceptors (Lipinski definition) is 3. The highest BCUT2D eigenvalue weighted by molar-refractivity contribution is 5.91. The number of hydrogen-bond donors (Lipinski definition) is 2. The Morgan fingerprint density at radius 3 is 2.59 bits per heavy atom. The fourth-order valence-corrected chi connectivity index (χ4v) is 2.22. The number of amides is 1. The monoisotopic (exact) mass is 301 g/mol. The van der Waals surface area contributed by atoms with Gasteiger partial charge in [-0.3, -0.25) is 14.2 Å². The molecule has 2 N–H and O–H groups in total. The number of aromatic amines is 1. The molecule has 0 radical (unpaired) electrons. The molecule has 0 spiro atoms. The predicted molar refractivity (Wildman–Crippen MR) is 85.2 cm³/mol. The van der Waals surface area contributed by atoms with Gasteiger partial charge in [-0.15, -0.1) is 0 Å². The lowest BCUT2D eigenvalue weighted by Gasteiger charge is -2.09. The van der Waals surface area contributed by atoms with Crippen LogP contribution in [0.4, 0.5) is 5.69 Å². The number of rotatable bonds is 4. The largest absolute Gasteiger partial charge is 0.328 e. The molecule has 0 unspecified atom stereocenters. The highest BCUT2D eigenvalue weighted by Gasteiger charge is 2.12. The van der Waals surface area contributed by atoms with Crippen molar-refractivity contribution >= 4 is 11.6 Å². The third-order valence-electron chi connectivity index (χ3n) is 3.64. The van der Waals surface area contributed by atoms with Crippen molar-refractivity contribution in [1.29, 1.82) is 0 Å². The average molecular weight is 301 g/mol. The van der Waals surface area contributed by atoms with Crippen molar-refractivity contribution in [2.45, 2.75) is 26.7 Å². The van der Waals surface area contributed by atoms with E-state index in [1.807, 2.05) is 31.2 Å². The summed E-state index contributed by atoms with van der Waals surface area (Å²) in [5, 5.41) is 2.59. The molecule has 1 amide bonds. The molecule has 1 aromatic heterocycles. The molecular formula is C16H19N3O3. The van der Waals surface area contributed by atoms with E-state index in [1.165, 1.54) is 7.05 Å². The Bertz CT molecular complexity index is 818. The lowest BCUT2D eigenvalue weighted by molar-refractivity contribution is -0.116. The van der Waals surface area contributed by atoms with E-state index in [0.717, 1.165) is 15.7 Å². The maximum atomic E-state index is 12.0. The van der Waals surface area contributed by atoms with Crippen molar-refractivity contribution in [2.75, 3.05) is 5.32 Å². The van der Waals surface area contributed by atoms with E-state index in [9.17, 15) is 14.4 Å². The van der Waals surface area contributed by atoms with Crippen LogP contribution in [0, 0.1) is 13.8 Å². The molecule has 116 valence electrons. The first kappa shape index (κ1) is 15.8. The number of anilines is 1. The zero-order chi connectivity index (χ0) is 16.3. The summed E-state index contributed by atoms with van der Waals surface area (Å²) in [7, 11) is 1.36. The number of nitrogens with zero attached hydrogens (tertiary/aromatic N) is 1. The second kappa shape index (κ2) is 6.43. The van der Waals surface area contributed by atoms with E-state index in [2.05, 4.69) is 10.3 Å². The van der Waals surface area contributed by atoms with Crippen LogP contribution < -0.4 is 16.6 Å². The molecule has 2 aromatic rings. The maximum absolute atomic E-state index is 12.0. The van der Waals surface area contributed by atoms with Gasteiger partial charge in [-0.25, -0.2) is 4.79 Å². The van der Waals surface area contributed by atoms with Crippen LogP contribution in [-0.4, -0.2) is 15.5 Å². The van der Waals surface area contributed by atoms with Gasteiger partial charge in [0.2, 0.25) is 5.91 Å². The molecule has 6 heteroatoms. The molecule has 0 fully saturated rings. The Morgan fingerprint density at radius 1 is 1.23 bits per heavy atom. The van der Waals surface area contributed by atoms with E-state index in [0.29, 0.717) is 12.1 Å². The molecule has 2 rings (SSSR count). The number of nitrogens with one attached hydrogen (secondary N) is 2. The number of carbonyl (C=O) groups is 1. The Hall–Kier alpha value is -2.63. The quantitative estimate of drug-likeness (QED) is 0.891. The van der Waals surface area contributed by atoms with Gasteiger partial charge >= 0.3 is 5.69 Å². The van der Waals surface area contributed by atoms with E-state index in [1.54, 1.807) is 6.92 Å². The number of aryl methyl sites for hydroxylation is 3. The van der Waals surface area contributed by atoms with E-state index >= 15 is 0 Å². The van der Waals surface area contributed by atoms with Crippen LogP contribution in [0.5, 0.6) is 0 Å². The van der Waals surface area contributed by atoms with Crippen molar-refractivity contribution in [3.8, 4) is 0 Å². The zero-order valence-corrected chi connectivity index (χ0v) is 12.9. The van der Waals surface area contributed by atoms with Crippen molar-refractivity contribution in [1.82, 2.24) is 9.55 Å². The smallest absolute Gasteiger partial charge is 0.320 e. The number of carbonyl (C=O) groups excluding carboxylic acids is 1. The predicted octanol–water partition coefficient (Wildman–Crippen LogP) is 1.26. The third-order valence-corrected chi connectivity index (χ3v) is 3.64. The van der Waals surface area contributed by atoms with Gasteiger partial charge in [-0.1, -0.05) is 24.3 Å². The van der Waals surface area contributed by atoms with E-state index < -0.39 is 11.2 Å². The Morgan fingerprint density at radius 2 is 1.91 bits per heavy atom. The molecule has 1 heterocycles. The van der Waals surface area contributed by atoms with Crippen LogP contribution in [0.1, 0.15) is 23.2 Å². The molecule has 1 aromatic carbocycles. The molecule has 0 atom stereocenters. The van der Waals surface area contributed by atoms with Gasteiger partial charge in [0.1, 0.15) is 5.69 Å². The van der Waals surface area contributed by atoms with Gasteiger partial charge in [-0.05, 0) is 31.4 Å². The Balaban J connectivity index is 2.11. The van der Waals surface area contributed by atoms with E-state index in [4.69, 9.17) is 0 Å². The molecule has 22 heavy (non-hydrogen) atoms. The normalized spacial score (nSPS) is 10.5. The maximum Gasteiger partial charge on any atom is 0.328 e. The first-order chi connectivity index (χ1) is 10.4. The molecule has 0 saturated heterocycles. The minimum absolute atomic E-state index is 0.122. The topological polar surface area (TPSA) is 84.0 Å². The van der Waals surface area contributed by atoms with Crippen LogP contribution >= 0.6 is 0 Å². The SMILES string of the molecule is Cc1ccccc1CCC(=O)Nc1c(C)[nH]c(=O)n(C)c1=O. The average Bonchev–Trinajstić information content (AvgIpc) is 2.48. The summed E-state index contributed by atoms with van der Waals surface area (Å²) in [6.07, 6.45) is 0.869. The molecule has 0 aliphatic carbocycles. The summed E-state index contributed by atoms with van der Waals surface area (Å²) in [5.74, 6) is -0.254. The molecule has 0 bridgehead atoms. The molecule has 0 saturated carbocycles. The number of benzene rings is 1. The highest BCUT2D eigenvalue weighted by atomic mass is 16.2. The van der Waals surface area contributed by atoms with Crippen molar-refractivity contribution in [3.63, 3.8) is 0 Å². The number of aromatic nitrogens is 2. The summed E-state index contributed by atoms with van der Waals surface area (Å²) in [6, 6.07) is 7.86. The summed E-state index contributed by atoms with van der Waals surface area (Å²) in [5.41, 5.74) is 1.70. The second-order valence-electron chi connectivity index (χ2n) is 5.27. The van der Waals surface area contributed by atoms with Crippen LogP contribution in [0.25, 0.3) is 0 Å². The molecular weight excluding hydrogens is 282 g/mol. The summed E-state index contributed by atoms with van der Waals surface area (Å²) >= 11 is 0. The van der Waals surface area contributed by atoms with Crippen molar-refractivity contribution < 1.29 is 4.79 Å². The van der Waals surface area contributed by atoms with Crippen LogP contribution in [0.3, 0.4) is 0 Å². The van der Waals surface area contributed by atoms with Gasteiger partial charge in [0, 0.05) is 19.2 Å². The van der Waals surface area contributed by atoms with Crippen molar-refractivity contribution in [2.24, 2.45) is 7.05 Å². The molecule has 0 aliphatic heterocycles. The Labute approximate surface area is 127 Å². The van der Waals surface area contributed by atoms with Crippen LogP contribution in [0.15, 0.2) is 33.9 Å². The van der Waals surface area contributed by atoms with Crippen molar-refractivity contribution in [3.05, 3.63) is 61.9 Å². The molecule has 6 nitrogen and oxygen atoms in total. The standard InChI is InChI=1S/C16H19N3O3/c1-10-6-4-5-7-12(10)8-9-13(20)18-14-11(2)17-16(22)19(3)15(14)21/h4-7H,8-9H2,1-3H3,(H,17,22)(H,18,20).